The lowest BCUT2D eigenvalue weighted by Gasteiger charge is -2.05. The smallest absolute Gasteiger partial charge is 0.339 e. The van der Waals surface area contributed by atoms with Gasteiger partial charge in [0, 0.05) is 24.4 Å². The van der Waals surface area contributed by atoms with Crippen LogP contribution < -0.4 is 4.74 Å². The molecular weight excluding hydrogens is 382 g/mol. The molecule has 0 saturated heterocycles. The minimum absolute atomic E-state index is 0.0857. The van der Waals surface area contributed by atoms with Crippen LogP contribution in [0.5, 0.6) is 5.75 Å². The van der Waals surface area contributed by atoms with Crippen molar-refractivity contribution in [1.82, 2.24) is 25.0 Å². The second kappa shape index (κ2) is 6.97. The molecule has 0 radical (unpaired) electrons. The van der Waals surface area contributed by atoms with Crippen LogP contribution >= 0.6 is 11.6 Å². The molecule has 2 heterocycles. The zero-order valence-corrected chi connectivity index (χ0v) is 15.9. The van der Waals surface area contributed by atoms with Crippen LogP contribution in [-0.4, -0.2) is 43.1 Å². The van der Waals surface area contributed by atoms with E-state index in [4.69, 9.17) is 16.3 Å². The van der Waals surface area contributed by atoms with Crippen LogP contribution in [0.1, 0.15) is 21.7 Å². The van der Waals surface area contributed by atoms with Crippen molar-refractivity contribution in [1.29, 1.82) is 0 Å². The van der Waals surface area contributed by atoms with Gasteiger partial charge in [-0.1, -0.05) is 17.7 Å². The monoisotopic (exact) mass is 397 g/mol. The number of aromatic amines is 1. The number of fused-ring (bicyclic) bond motifs is 1. The Morgan fingerprint density at radius 2 is 2.14 bits per heavy atom. The molecule has 8 nitrogen and oxygen atoms in total. The van der Waals surface area contributed by atoms with Gasteiger partial charge in [-0.15, -0.1) is 0 Å². The maximum atomic E-state index is 11.3. The summed E-state index contributed by atoms with van der Waals surface area (Å²) in [4.78, 5) is 15.9. The number of nitrogens with zero attached hydrogens (tertiary/aromatic N) is 4. The van der Waals surface area contributed by atoms with Crippen molar-refractivity contribution in [2.24, 2.45) is 7.05 Å². The second-order valence-electron chi connectivity index (χ2n) is 6.24. The van der Waals surface area contributed by atoms with Gasteiger partial charge in [0.25, 0.3) is 0 Å². The van der Waals surface area contributed by atoms with Crippen molar-refractivity contribution >= 4 is 28.5 Å². The summed E-state index contributed by atoms with van der Waals surface area (Å²) in [5, 5.41) is 22.1. The van der Waals surface area contributed by atoms with Gasteiger partial charge in [-0.05, 0) is 29.8 Å². The summed E-state index contributed by atoms with van der Waals surface area (Å²) in [5.41, 5.74) is 2.54. The lowest BCUT2D eigenvalue weighted by Crippen LogP contribution is -2.01. The standard InChI is InChI=1S/C19H16ClN5O3/c1-25-16(8-10-4-6-14-13(17(10)20)9-21-23-14)22-18(24-25)11-3-5-12(19(26)27)15(7-11)28-2/h3-7,9H,8H2,1-2H3,(H,21,23)(H,26,27). The molecule has 0 bridgehead atoms. The molecule has 0 spiro atoms. The molecule has 142 valence electrons. The predicted octanol–water partition coefficient (Wildman–Crippen LogP) is 3.31. The lowest BCUT2D eigenvalue weighted by atomic mass is 10.1. The molecule has 0 atom stereocenters. The zero-order valence-electron chi connectivity index (χ0n) is 15.1. The van der Waals surface area contributed by atoms with Crippen LogP contribution in [0, 0.1) is 0 Å². The number of hydrogen-bond donors (Lipinski definition) is 2. The van der Waals surface area contributed by atoms with E-state index in [-0.39, 0.29) is 11.3 Å². The maximum absolute atomic E-state index is 11.3. The fourth-order valence-electron chi connectivity index (χ4n) is 3.04. The Kier molecular flexibility index (Phi) is 4.48. The van der Waals surface area contributed by atoms with Gasteiger partial charge >= 0.3 is 5.97 Å². The van der Waals surface area contributed by atoms with E-state index in [2.05, 4.69) is 20.3 Å². The third-order valence-electron chi connectivity index (χ3n) is 4.53. The van der Waals surface area contributed by atoms with Gasteiger partial charge in [-0.2, -0.15) is 10.2 Å². The van der Waals surface area contributed by atoms with Crippen molar-refractivity contribution in [3.63, 3.8) is 0 Å². The number of carbonyl (C=O) groups is 1. The number of halogens is 1. The first kappa shape index (κ1) is 18.0. The summed E-state index contributed by atoms with van der Waals surface area (Å²) in [6, 6.07) is 8.62. The fourth-order valence-corrected chi connectivity index (χ4v) is 3.32. The molecule has 0 fully saturated rings. The predicted molar refractivity (Wildman–Crippen MR) is 104 cm³/mol. The Bertz CT molecular complexity index is 1200. The van der Waals surface area contributed by atoms with Crippen molar-refractivity contribution in [3.05, 3.63) is 58.5 Å². The Hall–Kier alpha value is -3.39. The molecule has 28 heavy (non-hydrogen) atoms. The van der Waals surface area contributed by atoms with Crippen molar-refractivity contribution in [3.8, 4) is 17.1 Å². The zero-order chi connectivity index (χ0) is 19.8. The number of hydrogen-bond acceptors (Lipinski definition) is 5. The SMILES string of the molecule is COc1cc(-c2nc(Cc3ccc4[nH]ncc4c3Cl)n(C)n2)ccc1C(=O)O. The largest absolute Gasteiger partial charge is 0.496 e. The van der Waals surface area contributed by atoms with Crippen LogP contribution in [0.3, 0.4) is 0 Å². The van der Waals surface area contributed by atoms with Crippen LogP contribution in [0.25, 0.3) is 22.3 Å². The molecule has 0 unspecified atom stereocenters. The molecule has 0 aliphatic heterocycles. The lowest BCUT2D eigenvalue weighted by molar-refractivity contribution is 0.0693. The molecule has 9 heteroatoms. The highest BCUT2D eigenvalue weighted by Crippen LogP contribution is 2.29. The minimum Gasteiger partial charge on any atom is -0.496 e. The molecule has 2 aromatic carbocycles. The average molecular weight is 398 g/mol. The fraction of sp³-hybridized carbons (Fsp3) is 0.158. The number of H-pyrrole nitrogens is 1. The van der Waals surface area contributed by atoms with Crippen LogP contribution in [-0.2, 0) is 13.5 Å². The van der Waals surface area contributed by atoms with Gasteiger partial charge in [0.05, 0.1) is 23.8 Å². The summed E-state index contributed by atoms with van der Waals surface area (Å²) >= 11 is 6.51. The highest BCUT2D eigenvalue weighted by Gasteiger charge is 2.16. The van der Waals surface area contributed by atoms with E-state index in [0.29, 0.717) is 22.8 Å². The number of rotatable bonds is 5. The number of aryl methyl sites for hydroxylation is 1. The van der Waals surface area contributed by atoms with E-state index in [1.165, 1.54) is 13.2 Å². The van der Waals surface area contributed by atoms with E-state index in [1.807, 2.05) is 12.1 Å². The number of ether oxygens (including phenoxy) is 1. The molecule has 2 aromatic heterocycles. The van der Waals surface area contributed by atoms with Crippen molar-refractivity contribution in [2.45, 2.75) is 6.42 Å². The number of carboxylic acid groups (broad SMARTS) is 1. The highest BCUT2D eigenvalue weighted by molar-refractivity contribution is 6.36. The first-order chi connectivity index (χ1) is 13.5. The van der Waals surface area contributed by atoms with Gasteiger partial charge in [-0.3, -0.25) is 9.78 Å². The Morgan fingerprint density at radius 1 is 1.32 bits per heavy atom. The molecule has 0 aliphatic rings. The molecular formula is C19H16ClN5O3. The van der Waals surface area contributed by atoms with Gasteiger partial charge < -0.3 is 9.84 Å². The third-order valence-corrected chi connectivity index (χ3v) is 4.98. The molecule has 4 aromatic rings. The summed E-state index contributed by atoms with van der Waals surface area (Å²) in [6.45, 7) is 0. The molecule has 4 rings (SSSR count). The number of methoxy groups -OCH3 is 1. The van der Waals surface area contributed by atoms with Gasteiger partial charge in [0.2, 0.25) is 0 Å². The van der Waals surface area contributed by atoms with E-state index in [1.54, 1.807) is 30.1 Å². The quantitative estimate of drug-likeness (QED) is 0.535. The van der Waals surface area contributed by atoms with E-state index >= 15 is 0 Å². The number of benzene rings is 2. The normalized spacial score (nSPS) is 11.1. The average Bonchev–Trinajstić information content (AvgIpc) is 3.30. The number of aromatic nitrogens is 5. The van der Waals surface area contributed by atoms with Gasteiger partial charge in [0.1, 0.15) is 17.1 Å². The topological polar surface area (TPSA) is 106 Å². The van der Waals surface area contributed by atoms with Gasteiger partial charge in [0.15, 0.2) is 5.82 Å². The number of aromatic carboxylic acids is 1. The van der Waals surface area contributed by atoms with Gasteiger partial charge in [-0.25, -0.2) is 9.78 Å². The van der Waals surface area contributed by atoms with Crippen LogP contribution in [0.2, 0.25) is 5.02 Å². The van der Waals surface area contributed by atoms with Crippen LogP contribution in [0.4, 0.5) is 0 Å². The molecule has 2 N–H and O–H groups in total. The highest BCUT2D eigenvalue weighted by atomic mass is 35.5. The molecule has 0 amide bonds. The summed E-state index contributed by atoms with van der Waals surface area (Å²) < 4.78 is 6.86. The number of carboxylic acids is 1. The second-order valence-corrected chi connectivity index (χ2v) is 6.62. The van der Waals surface area contributed by atoms with Crippen molar-refractivity contribution in [2.75, 3.05) is 7.11 Å². The first-order valence-corrected chi connectivity index (χ1v) is 8.77. The summed E-state index contributed by atoms with van der Waals surface area (Å²) in [6.07, 6.45) is 2.19. The maximum Gasteiger partial charge on any atom is 0.339 e. The van der Waals surface area contributed by atoms with E-state index in [0.717, 1.165) is 22.3 Å². The van der Waals surface area contributed by atoms with Crippen LogP contribution in [0.15, 0.2) is 36.5 Å². The Balaban J connectivity index is 1.68. The van der Waals surface area contributed by atoms with E-state index in [9.17, 15) is 9.90 Å². The Labute approximate surface area is 164 Å². The molecule has 0 saturated carbocycles. The Morgan fingerprint density at radius 3 is 2.89 bits per heavy atom. The van der Waals surface area contributed by atoms with Crippen molar-refractivity contribution < 1.29 is 14.6 Å². The van der Waals surface area contributed by atoms with E-state index < -0.39 is 5.97 Å². The number of nitrogens with one attached hydrogen (secondary N) is 1. The summed E-state index contributed by atoms with van der Waals surface area (Å²) in [7, 11) is 3.23. The molecule has 0 aliphatic carbocycles. The minimum atomic E-state index is -1.05. The summed E-state index contributed by atoms with van der Waals surface area (Å²) in [5.74, 6) is 0.407. The third kappa shape index (κ3) is 3.07. The first-order valence-electron chi connectivity index (χ1n) is 8.40.